The number of anilines is 2. The van der Waals surface area contributed by atoms with Crippen molar-refractivity contribution in [1.29, 1.82) is 0 Å². The fourth-order valence-corrected chi connectivity index (χ4v) is 3.12. The Morgan fingerprint density at radius 2 is 1.73 bits per heavy atom. The minimum Gasteiger partial charge on any atom is -0.365 e. The third-order valence-corrected chi connectivity index (χ3v) is 4.30. The first-order valence-corrected chi connectivity index (χ1v) is 8.92. The van der Waals surface area contributed by atoms with E-state index in [-0.39, 0.29) is 11.4 Å². The molecule has 3 rings (SSSR count). The molecule has 2 aromatic rings. The zero-order valence-electron chi connectivity index (χ0n) is 15.6. The molecule has 0 bridgehead atoms. The molecule has 2 N–H and O–H groups in total. The zero-order valence-corrected chi connectivity index (χ0v) is 18.5. The van der Waals surface area contributed by atoms with E-state index in [1.807, 2.05) is 32.9 Å². The van der Waals surface area contributed by atoms with E-state index >= 15 is 0 Å². The van der Waals surface area contributed by atoms with Crippen molar-refractivity contribution in [1.82, 2.24) is 4.98 Å². The average Bonchev–Trinajstić information content (AvgIpc) is 3.09. The van der Waals surface area contributed by atoms with Crippen molar-refractivity contribution in [3.63, 3.8) is 0 Å². The van der Waals surface area contributed by atoms with Crippen LogP contribution in [0.5, 0.6) is 0 Å². The molecule has 140 valence electrons. The van der Waals surface area contributed by atoms with Gasteiger partial charge in [0.1, 0.15) is 5.82 Å². The van der Waals surface area contributed by atoms with Crippen LogP contribution in [0.1, 0.15) is 62.4 Å². The third kappa shape index (κ3) is 4.53. The summed E-state index contributed by atoms with van der Waals surface area (Å²) in [7, 11) is 0. The summed E-state index contributed by atoms with van der Waals surface area (Å²) in [6, 6.07) is 11.7. The predicted molar refractivity (Wildman–Crippen MR) is 103 cm³/mol. The van der Waals surface area contributed by atoms with Gasteiger partial charge in [-0.1, -0.05) is 37.8 Å². The Balaban J connectivity index is 0.00000243. The monoisotopic (exact) mass is 579 g/mol. The number of benzene rings is 1. The summed E-state index contributed by atoms with van der Waals surface area (Å²) in [5.74, 6) is 1.98. The minimum atomic E-state index is -0.163. The maximum absolute atomic E-state index is 12.7. The quantitative estimate of drug-likeness (QED) is 0.497. The smallest absolute Gasteiger partial charge is 0.259 e. The van der Waals surface area contributed by atoms with E-state index in [4.69, 9.17) is 0 Å². The predicted octanol–water partition coefficient (Wildman–Crippen LogP) is 5.04. The number of pyridine rings is 1. The van der Waals surface area contributed by atoms with Crippen LogP contribution in [0.2, 0.25) is 0 Å². The molecule has 26 heavy (non-hydrogen) atoms. The topological polar surface area (TPSA) is 54.0 Å². The molecule has 0 atom stereocenters. The Morgan fingerprint density at radius 3 is 2.35 bits per heavy atom. The first-order chi connectivity index (χ1) is 11.9. The maximum Gasteiger partial charge on any atom is 0.259 e. The molecule has 1 amide bonds. The standard InChI is InChI=1S/C21H26N3O.Cm/c1-21(2,3)24-19-18(9-6-14-22-19)20(25)23-17-12-10-16(11-13-17)15-7-4-5-8-15;/h6,9-14H,4-5,7-8H2,1-3H3,(H,22,24)(H,23,25);/q-1;. The second-order valence-electron chi connectivity index (χ2n) is 7.62. The van der Waals surface area contributed by atoms with Crippen molar-refractivity contribution in [2.75, 3.05) is 10.6 Å². The van der Waals surface area contributed by atoms with Gasteiger partial charge in [-0.3, -0.25) is 4.79 Å². The van der Waals surface area contributed by atoms with Gasteiger partial charge in [0.15, 0.2) is 0 Å². The summed E-state index contributed by atoms with van der Waals surface area (Å²) < 4.78 is 0. The van der Waals surface area contributed by atoms with Crippen LogP contribution in [0, 0.1) is 5.92 Å². The van der Waals surface area contributed by atoms with Crippen molar-refractivity contribution in [3.8, 4) is 0 Å². The Hall–Kier alpha value is -3.49. The van der Waals surface area contributed by atoms with Gasteiger partial charge in [0.2, 0.25) is 0 Å². The van der Waals surface area contributed by atoms with Gasteiger partial charge < -0.3 is 10.6 Å². The summed E-state index contributed by atoms with van der Waals surface area (Å²) in [6.07, 6.45) is 6.67. The summed E-state index contributed by atoms with van der Waals surface area (Å²) >= 11 is 0. The molecule has 1 aromatic carbocycles. The molecule has 1 aliphatic rings. The summed E-state index contributed by atoms with van der Waals surface area (Å²) in [4.78, 5) is 17.0. The molecule has 0 saturated heterocycles. The molecule has 1 aromatic heterocycles. The van der Waals surface area contributed by atoms with E-state index in [2.05, 4.69) is 27.8 Å². The van der Waals surface area contributed by atoms with Gasteiger partial charge in [-0.25, -0.2) is 4.98 Å². The van der Waals surface area contributed by atoms with Crippen LogP contribution < -0.4 is 10.6 Å². The second kappa shape index (κ2) is 7.60. The van der Waals surface area contributed by atoms with E-state index < -0.39 is 0 Å². The number of nitrogens with one attached hydrogen (secondary N) is 2. The Bertz CT molecular complexity index is 732. The summed E-state index contributed by atoms with van der Waals surface area (Å²) in [5, 5.41) is 6.26. The number of nitrogens with zero attached hydrogens (tertiary/aromatic N) is 1. The van der Waals surface area contributed by atoms with E-state index in [1.54, 1.807) is 18.3 Å². The van der Waals surface area contributed by atoms with Crippen LogP contribution in [0.4, 0.5) is 11.5 Å². The molecule has 4 nitrogen and oxygen atoms in total. The van der Waals surface area contributed by atoms with Crippen LogP contribution in [-0.4, -0.2) is 16.4 Å². The van der Waals surface area contributed by atoms with Crippen molar-refractivity contribution in [3.05, 3.63) is 59.6 Å². The van der Waals surface area contributed by atoms with Crippen molar-refractivity contribution >= 4 is 17.4 Å². The summed E-state index contributed by atoms with van der Waals surface area (Å²) in [6.45, 7) is 6.13. The molecular formula is C21H26CmN3O-. The Kier molecular flexibility index (Phi) is 5.51. The molecule has 1 aliphatic carbocycles. The van der Waals surface area contributed by atoms with Crippen molar-refractivity contribution in [2.24, 2.45) is 0 Å². The normalized spacial score (nSPS) is 13.9. The van der Waals surface area contributed by atoms with Crippen LogP contribution in [0.3, 0.4) is 0 Å². The molecule has 1 heterocycles. The van der Waals surface area contributed by atoms with Crippen LogP contribution in [0.15, 0.2) is 42.6 Å². The van der Waals surface area contributed by atoms with Gasteiger partial charge in [0.25, 0.3) is 5.91 Å². The van der Waals surface area contributed by atoms with Gasteiger partial charge in [0, 0.05) is 17.4 Å². The van der Waals surface area contributed by atoms with Crippen LogP contribution in [0.25, 0.3) is 0 Å². The van der Waals surface area contributed by atoms with E-state index in [9.17, 15) is 4.79 Å². The molecule has 0 aliphatic heterocycles. The van der Waals surface area contributed by atoms with E-state index in [1.165, 1.54) is 37.2 Å². The second-order valence-corrected chi connectivity index (χ2v) is 7.62. The maximum atomic E-state index is 12.7. The number of aromatic nitrogens is 1. The number of amides is 1. The Morgan fingerprint density at radius 1 is 1.08 bits per heavy atom. The van der Waals surface area contributed by atoms with Crippen LogP contribution >= 0.6 is 0 Å². The number of rotatable bonds is 4. The minimum absolute atomic E-state index is 0. The Labute approximate surface area is 150 Å². The van der Waals surface area contributed by atoms with Crippen molar-refractivity contribution in [2.45, 2.75) is 52.0 Å². The average molecular weight is 583 g/mol. The fraction of sp³-hybridized carbons (Fsp3) is 0.381. The fourth-order valence-electron chi connectivity index (χ4n) is 3.12. The van der Waals surface area contributed by atoms with Gasteiger partial charge in [-0.2, -0.15) is 23.6 Å². The van der Waals surface area contributed by atoms with Gasteiger partial charge in [0.05, 0.1) is 5.56 Å². The largest absolute Gasteiger partial charge is 0.365 e. The third-order valence-electron chi connectivity index (χ3n) is 4.30. The first-order valence-electron chi connectivity index (χ1n) is 8.92. The molecular weight excluding hydrogens is 557 g/mol. The molecule has 5 heteroatoms. The SMILES string of the molecule is CC(C)(C)Nc1ncccc1C(=O)Nc1ccc([C-]2CCCC2)cc1.[Cm]. The van der Waals surface area contributed by atoms with Crippen LogP contribution in [-0.2, 0) is 0 Å². The number of hydrogen-bond acceptors (Lipinski definition) is 3. The number of carbonyl (C=O) groups is 1. The summed E-state index contributed by atoms with van der Waals surface area (Å²) in [5.41, 5.74) is 2.49. The number of hydrogen-bond donors (Lipinski definition) is 2. The van der Waals surface area contributed by atoms with Gasteiger partial charge in [-0.15, -0.1) is 0 Å². The molecule has 1 saturated carbocycles. The van der Waals surface area contributed by atoms with Gasteiger partial charge in [-0.05, 0) is 32.9 Å². The first kappa shape index (κ1) is 18.8. The molecule has 1 fully saturated rings. The van der Waals surface area contributed by atoms with Crippen molar-refractivity contribution < 1.29 is 4.79 Å². The van der Waals surface area contributed by atoms with Gasteiger partial charge >= 0.3 is 0 Å². The molecule has 0 radical (unpaired) electrons. The molecule has 0 unspecified atom stereocenters. The number of carbonyl (C=O) groups excluding carboxylic acids is 1. The molecule has 0 spiro atoms. The zero-order chi connectivity index (χ0) is 17.9. The van der Waals surface area contributed by atoms with E-state index in [0.717, 1.165) is 5.69 Å². The van der Waals surface area contributed by atoms with E-state index in [0.29, 0.717) is 11.4 Å².